The van der Waals surface area contributed by atoms with Crippen LogP contribution in [0.2, 0.25) is 0 Å². The second-order valence-electron chi connectivity index (χ2n) is 4.57. The molecule has 0 saturated heterocycles. The van der Waals surface area contributed by atoms with E-state index < -0.39 is 0 Å². The summed E-state index contributed by atoms with van der Waals surface area (Å²) in [4.78, 5) is 9.26. The van der Waals surface area contributed by atoms with Crippen molar-refractivity contribution in [3.05, 3.63) is 17.1 Å². The lowest BCUT2D eigenvalue weighted by atomic mass is 9.84. The van der Waals surface area contributed by atoms with Gasteiger partial charge in [0, 0.05) is 18.0 Å². The Kier molecular flexibility index (Phi) is 2.52. The van der Waals surface area contributed by atoms with Crippen LogP contribution in [0.15, 0.2) is 0 Å². The minimum atomic E-state index is 0.570. The van der Waals surface area contributed by atoms with Crippen molar-refractivity contribution in [1.29, 1.82) is 0 Å². The number of hydrogen-bond donors (Lipinski definition) is 1. The van der Waals surface area contributed by atoms with Crippen molar-refractivity contribution in [3.63, 3.8) is 0 Å². The maximum Gasteiger partial charge on any atom is 0.219 e. The molecule has 3 rings (SSSR count). The largest absolute Gasteiger partial charge is 0.481 e. The minimum absolute atomic E-state index is 0.570. The van der Waals surface area contributed by atoms with Gasteiger partial charge in [0.25, 0.3) is 0 Å². The van der Waals surface area contributed by atoms with Crippen LogP contribution in [0.4, 0.5) is 0 Å². The smallest absolute Gasteiger partial charge is 0.219 e. The van der Waals surface area contributed by atoms with Gasteiger partial charge < -0.3 is 10.1 Å². The van der Waals surface area contributed by atoms with E-state index in [1.165, 1.54) is 24.8 Å². The summed E-state index contributed by atoms with van der Waals surface area (Å²) in [6.45, 7) is 1.85. The van der Waals surface area contributed by atoms with E-state index in [-0.39, 0.29) is 0 Å². The van der Waals surface area contributed by atoms with E-state index >= 15 is 0 Å². The third-order valence-corrected chi connectivity index (χ3v) is 3.58. The molecule has 1 N–H and O–H groups in total. The van der Waals surface area contributed by atoms with E-state index in [9.17, 15) is 0 Å². The summed E-state index contributed by atoms with van der Waals surface area (Å²) in [6.07, 6.45) is 4.75. The van der Waals surface area contributed by atoms with Crippen molar-refractivity contribution in [3.8, 4) is 5.88 Å². The van der Waals surface area contributed by atoms with Gasteiger partial charge in [0.2, 0.25) is 5.88 Å². The first-order valence-electron chi connectivity index (χ1n) is 6.03. The molecule has 0 amide bonds. The molecular weight excluding hydrogens is 202 g/mol. The van der Waals surface area contributed by atoms with Gasteiger partial charge in [-0.25, -0.2) is 4.98 Å². The number of rotatable bonds is 2. The molecule has 1 aromatic heterocycles. The topological polar surface area (TPSA) is 47.0 Å². The van der Waals surface area contributed by atoms with Crippen LogP contribution in [0, 0.1) is 0 Å². The van der Waals surface area contributed by atoms with Crippen LogP contribution < -0.4 is 10.1 Å². The molecule has 1 aliphatic carbocycles. The van der Waals surface area contributed by atoms with Crippen molar-refractivity contribution in [2.75, 3.05) is 13.7 Å². The van der Waals surface area contributed by atoms with Crippen molar-refractivity contribution in [2.24, 2.45) is 0 Å². The molecule has 2 aliphatic rings. The van der Waals surface area contributed by atoms with Crippen LogP contribution in [-0.2, 0) is 13.0 Å². The van der Waals surface area contributed by atoms with Crippen molar-refractivity contribution in [1.82, 2.24) is 15.3 Å². The molecule has 0 spiro atoms. The molecular formula is C12H17N3O. The Morgan fingerprint density at radius 1 is 1.31 bits per heavy atom. The summed E-state index contributed by atoms with van der Waals surface area (Å²) >= 11 is 0. The van der Waals surface area contributed by atoms with E-state index in [0.717, 1.165) is 36.9 Å². The Balaban J connectivity index is 2.01. The maximum absolute atomic E-state index is 5.39. The molecule has 4 nitrogen and oxygen atoms in total. The summed E-state index contributed by atoms with van der Waals surface area (Å²) in [5.74, 6) is 2.36. The van der Waals surface area contributed by atoms with E-state index in [2.05, 4.69) is 10.3 Å². The molecule has 1 saturated carbocycles. The van der Waals surface area contributed by atoms with Crippen LogP contribution in [0.25, 0.3) is 0 Å². The van der Waals surface area contributed by atoms with E-state index in [4.69, 9.17) is 9.72 Å². The zero-order valence-electron chi connectivity index (χ0n) is 9.62. The normalized spacial score (nSPS) is 20.1. The number of aromatic nitrogens is 2. The van der Waals surface area contributed by atoms with Crippen LogP contribution in [0.5, 0.6) is 5.88 Å². The second kappa shape index (κ2) is 4.01. The van der Waals surface area contributed by atoms with Gasteiger partial charge in [-0.05, 0) is 25.8 Å². The highest BCUT2D eigenvalue weighted by Gasteiger charge is 2.26. The number of fused-ring (bicyclic) bond motifs is 1. The van der Waals surface area contributed by atoms with Gasteiger partial charge in [-0.2, -0.15) is 4.98 Å². The fourth-order valence-electron chi connectivity index (χ4n) is 2.36. The first-order valence-corrected chi connectivity index (χ1v) is 6.03. The Morgan fingerprint density at radius 3 is 2.88 bits per heavy atom. The average Bonchev–Trinajstić information content (AvgIpc) is 2.25. The molecule has 4 heteroatoms. The summed E-state index contributed by atoms with van der Waals surface area (Å²) in [7, 11) is 1.70. The number of nitrogens with one attached hydrogen (secondary N) is 1. The van der Waals surface area contributed by atoms with Gasteiger partial charge in [-0.1, -0.05) is 6.42 Å². The summed E-state index contributed by atoms with van der Waals surface area (Å²) in [6, 6.07) is 0. The Morgan fingerprint density at radius 2 is 2.19 bits per heavy atom. The first-order chi connectivity index (χ1) is 7.88. The standard InChI is InChI=1S/C12H17N3O/c1-16-12-9-5-6-13-7-10(9)14-11(15-12)8-3-2-4-8/h8,13H,2-7H2,1H3. The van der Waals surface area contributed by atoms with Crippen LogP contribution >= 0.6 is 0 Å². The Labute approximate surface area is 95.4 Å². The van der Waals surface area contributed by atoms with Crippen molar-refractivity contribution in [2.45, 2.75) is 38.1 Å². The average molecular weight is 219 g/mol. The van der Waals surface area contributed by atoms with Crippen LogP contribution in [0.1, 0.15) is 42.3 Å². The lowest BCUT2D eigenvalue weighted by Crippen LogP contribution is -2.27. The molecule has 0 unspecified atom stereocenters. The van der Waals surface area contributed by atoms with E-state index in [1.54, 1.807) is 7.11 Å². The number of hydrogen-bond acceptors (Lipinski definition) is 4. The van der Waals surface area contributed by atoms with Gasteiger partial charge in [-0.15, -0.1) is 0 Å². The van der Waals surface area contributed by atoms with E-state index in [1.807, 2.05) is 0 Å². The molecule has 2 heterocycles. The van der Waals surface area contributed by atoms with Gasteiger partial charge in [0.1, 0.15) is 5.82 Å². The highest BCUT2D eigenvalue weighted by Crippen LogP contribution is 2.36. The summed E-state index contributed by atoms with van der Waals surface area (Å²) < 4.78 is 5.39. The number of methoxy groups -OCH3 is 1. The molecule has 0 bridgehead atoms. The third-order valence-electron chi connectivity index (χ3n) is 3.58. The quantitative estimate of drug-likeness (QED) is 0.816. The number of ether oxygens (including phenoxy) is 1. The molecule has 1 aliphatic heterocycles. The lowest BCUT2D eigenvalue weighted by molar-refractivity contribution is 0.362. The molecule has 86 valence electrons. The fourth-order valence-corrected chi connectivity index (χ4v) is 2.36. The number of nitrogens with zero attached hydrogens (tertiary/aromatic N) is 2. The first kappa shape index (κ1) is 10.0. The van der Waals surface area contributed by atoms with Gasteiger partial charge in [0.15, 0.2) is 0 Å². The van der Waals surface area contributed by atoms with Crippen LogP contribution in [-0.4, -0.2) is 23.6 Å². The molecule has 1 aromatic rings. The summed E-state index contributed by atoms with van der Waals surface area (Å²) in [5, 5.41) is 3.35. The highest BCUT2D eigenvalue weighted by molar-refractivity contribution is 5.33. The van der Waals surface area contributed by atoms with Gasteiger partial charge in [0.05, 0.1) is 12.8 Å². The predicted molar refractivity (Wildman–Crippen MR) is 60.6 cm³/mol. The SMILES string of the molecule is COc1nc(C2CCC2)nc2c1CCNC2. The fraction of sp³-hybridized carbons (Fsp3) is 0.667. The highest BCUT2D eigenvalue weighted by atomic mass is 16.5. The molecule has 0 atom stereocenters. The van der Waals surface area contributed by atoms with Gasteiger partial charge in [-0.3, -0.25) is 0 Å². The van der Waals surface area contributed by atoms with Crippen LogP contribution in [0.3, 0.4) is 0 Å². The Bertz CT molecular complexity index is 384. The van der Waals surface area contributed by atoms with Crippen molar-refractivity contribution < 1.29 is 4.74 Å². The maximum atomic E-state index is 5.39. The molecule has 1 fully saturated rings. The zero-order valence-corrected chi connectivity index (χ0v) is 9.62. The summed E-state index contributed by atoms with van der Waals surface area (Å²) in [5.41, 5.74) is 2.34. The Hall–Kier alpha value is -1.16. The van der Waals surface area contributed by atoms with Crippen molar-refractivity contribution >= 4 is 0 Å². The predicted octanol–water partition coefficient (Wildman–Crippen LogP) is 1.40. The zero-order chi connectivity index (χ0) is 11.0. The molecule has 0 aromatic carbocycles. The third kappa shape index (κ3) is 1.57. The minimum Gasteiger partial charge on any atom is -0.481 e. The van der Waals surface area contributed by atoms with Gasteiger partial charge >= 0.3 is 0 Å². The lowest BCUT2D eigenvalue weighted by Gasteiger charge is -2.26. The molecule has 16 heavy (non-hydrogen) atoms. The monoisotopic (exact) mass is 219 g/mol. The second-order valence-corrected chi connectivity index (χ2v) is 4.57. The molecule has 0 radical (unpaired) electrons. The van der Waals surface area contributed by atoms with E-state index in [0.29, 0.717) is 5.92 Å².